The van der Waals surface area contributed by atoms with Crippen LogP contribution in [0.3, 0.4) is 0 Å². The highest BCUT2D eigenvalue weighted by atomic mass is 35.5. The summed E-state index contributed by atoms with van der Waals surface area (Å²) >= 11 is 5.89. The van der Waals surface area contributed by atoms with Crippen LogP contribution in [0.5, 0.6) is 0 Å². The molecule has 0 aliphatic carbocycles. The molecule has 0 N–H and O–H groups in total. The molecule has 1 aliphatic rings. The van der Waals surface area contributed by atoms with Crippen molar-refractivity contribution in [2.75, 3.05) is 19.7 Å². The van der Waals surface area contributed by atoms with Gasteiger partial charge in [0, 0.05) is 13.1 Å². The van der Waals surface area contributed by atoms with Gasteiger partial charge in [-0.1, -0.05) is 23.7 Å². The van der Waals surface area contributed by atoms with Gasteiger partial charge >= 0.3 is 0 Å². The summed E-state index contributed by atoms with van der Waals surface area (Å²) < 4.78 is 58.5. The Morgan fingerprint density at radius 2 is 1.75 bits per heavy atom. The van der Waals surface area contributed by atoms with Crippen LogP contribution >= 0.6 is 11.6 Å². The Kier molecular flexibility index (Phi) is 4.87. The highest BCUT2D eigenvalue weighted by Gasteiger charge is 2.32. The molecule has 1 unspecified atom stereocenters. The number of rotatable bonds is 3. The molecular weight excluding hydrogens is 360 g/mol. The molecule has 2 aromatic carbocycles. The van der Waals surface area contributed by atoms with Crippen molar-refractivity contribution < 1.29 is 21.9 Å². The van der Waals surface area contributed by atoms with E-state index >= 15 is 0 Å². The number of nitrogens with zero attached hydrogens (tertiary/aromatic N) is 1. The number of ether oxygens (including phenoxy) is 1. The van der Waals surface area contributed by atoms with Gasteiger partial charge in [-0.05, 0) is 35.9 Å². The van der Waals surface area contributed by atoms with Crippen LogP contribution in [-0.2, 0) is 14.8 Å². The third-order valence-corrected chi connectivity index (χ3v) is 6.13. The Bertz CT molecular complexity index is 843. The fourth-order valence-corrected chi connectivity index (χ4v) is 4.48. The number of morpholine rings is 1. The van der Waals surface area contributed by atoms with Crippen LogP contribution in [0, 0.1) is 11.6 Å². The second-order valence-corrected chi connectivity index (χ2v) is 7.66. The molecular formula is C16H14ClF2NO3S. The lowest BCUT2D eigenvalue weighted by Gasteiger charge is -2.32. The Morgan fingerprint density at radius 3 is 2.42 bits per heavy atom. The third kappa shape index (κ3) is 3.44. The molecule has 1 atom stereocenters. The van der Waals surface area contributed by atoms with Gasteiger partial charge in [0.2, 0.25) is 10.0 Å². The van der Waals surface area contributed by atoms with Crippen molar-refractivity contribution in [1.82, 2.24) is 4.31 Å². The van der Waals surface area contributed by atoms with E-state index in [2.05, 4.69) is 0 Å². The van der Waals surface area contributed by atoms with E-state index in [1.165, 1.54) is 16.4 Å². The van der Waals surface area contributed by atoms with Gasteiger partial charge in [0.25, 0.3) is 0 Å². The van der Waals surface area contributed by atoms with E-state index in [1.54, 1.807) is 12.1 Å². The smallest absolute Gasteiger partial charge is 0.244 e. The van der Waals surface area contributed by atoms with Crippen LogP contribution in [0.4, 0.5) is 8.78 Å². The van der Waals surface area contributed by atoms with Crippen molar-refractivity contribution in [2.45, 2.75) is 11.0 Å². The number of hydrogen-bond acceptors (Lipinski definition) is 3. The van der Waals surface area contributed by atoms with Crippen molar-refractivity contribution in [3.63, 3.8) is 0 Å². The van der Waals surface area contributed by atoms with Gasteiger partial charge in [-0.25, -0.2) is 17.2 Å². The summed E-state index contributed by atoms with van der Waals surface area (Å²) in [6.45, 7) is 0.426. The van der Waals surface area contributed by atoms with E-state index in [9.17, 15) is 17.2 Å². The maximum Gasteiger partial charge on any atom is 0.244 e. The summed E-state index contributed by atoms with van der Waals surface area (Å²) in [6, 6.07) is 8.87. The second kappa shape index (κ2) is 6.76. The molecule has 1 fully saturated rings. The molecule has 1 aliphatic heterocycles. The average molecular weight is 374 g/mol. The van der Waals surface area contributed by atoms with Gasteiger partial charge in [-0.2, -0.15) is 4.31 Å². The topological polar surface area (TPSA) is 46.6 Å². The van der Waals surface area contributed by atoms with Gasteiger partial charge < -0.3 is 4.74 Å². The average Bonchev–Trinajstić information content (AvgIpc) is 2.55. The maximum atomic E-state index is 13.2. The number of sulfonamides is 1. The monoisotopic (exact) mass is 373 g/mol. The van der Waals surface area contributed by atoms with Crippen molar-refractivity contribution in [1.29, 1.82) is 0 Å². The van der Waals surface area contributed by atoms with E-state index in [-0.39, 0.29) is 35.4 Å². The van der Waals surface area contributed by atoms with E-state index in [0.29, 0.717) is 5.56 Å². The minimum Gasteiger partial charge on any atom is -0.371 e. The van der Waals surface area contributed by atoms with Crippen molar-refractivity contribution >= 4 is 21.6 Å². The van der Waals surface area contributed by atoms with Gasteiger partial charge in [-0.15, -0.1) is 0 Å². The van der Waals surface area contributed by atoms with Gasteiger partial charge in [0.1, 0.15) is 16.5 Å². The Labute approximate surface area is 143 Å². The molecule has 1 heterocycles. The Hall–Kier alpha value is -1.54. The molecule has 4 nitrogen and oxygen atoms in total. The molecule has 0 bridgehead atoms. The van der Waals surface area contributed by atoms with Crippen LogP contribution in [0.25, 0.3) is 0 Å². The second-order valence-electron chi connectivity index (χ2n) is 5.35. The summed E-state index contributed by atoms with van der Waals surface area (Å²) in [5, 5.41) is -0.167. The summed E-state index contributed by atoms with van der Waals surface area (Å²) in [5.74, 6) is -0.984. The lowest BCUT2D eigenvalue weighted by molar-refractivity contribution is -0.00258. The van der Waals surface area contributed by atoms with Gasteiger partial charge in [0.15, 0.2) is 0 Å². The zero-order valence-corrected chi connectivity index (χ0v) is 14.0. The quantitative estimate of drug-likeness (QED) is 0.828. The molecule has 1 saturated heterocycles. The first-order valence-electron chi connectivity index (χ1n) is 7.20. The first kappa shape index (κ1) is 17.3. The number of halogens is 3. The van der Waals surface area contributed by atoms with Crippen LogP contribution in [-0.4, -0.2) is 32.4 Å². The van der Waals surface area contributed by atoms with E-state index < -0.39 is 21.9 Å². The maximum absolute atomic E-state index is 13.2. The SMILES string of the molecule is O=S(=O)(c1ccc(F)cc1Cl)N1CCOC(c2ccc(F)cc2)C1. The zero-order valence-electron chi connectivity index (χ0n) is 12.5. The van der Waals surface area contributed by atoms with Crippen LogP contribution in [0.15, 0.2) is 47.4 Å². The Balaban J connectivity index is 1.87. The van der Waals surface area contributed by atoms with Gasteiger partial charge in [0.05, 0.1) is 17.7 Å². The molecule has 128 valence electrons. The van der Waals surface area contributed by atoms with Crippen LogP contribution in [0.1, 0.15) is 11.7 Å². The van der Waals surface area contributed by atoms with E-state index in [4.69, 9.17) is 16.3 Å². The summed E-state index contributed by atoms with van der Waals surface area (Å²) in [4.78, 5) is -0.148. The van der Waals surface area contributed by atoms with E-state index in [0.717, 1.165) is 18.2 Å². The molecule has 0 radical (unpaired) electrons. The standard InChI is InChI=1S/C16H14ClF2NO3S/c17-14-9-13(19)5-6-16(14)24(21,22)20-7-8-23-15(10-20)11-1-3-12(18)4-2-11/h1-6,9,15H,7-8,10H2. The molecule has 0 saturated carbocycles. The molecule has 0 amide bonds. The van der Waals surface area contributed by atoms with Crippen molar-refractivity contribution in [3.8, 4) is 0 Å². The summed E-state index contributed by atoms with van der Waals surface area (Å²) in [5.41, 5.74) is 0.682. The molecule has 24 heavy (non-hydrogen) atoms. The van der Waals surface area contributed by atoms with Crippen LogP contribution < -0.4 is 0 Å². The molecule has 3 rings (SSSR count). The first-order valence-corrected chi connectivity index (χ1v) is 9.02. The molecule has 8 heteroatoms. The molecule has 0 aromatic heterocycles. The highest BCUT2D eigenvalue weighted by Crippen LogP contribution is 2.30. The fraction of sp³-hybridized carbons (Fsp3) is 0.250. The summed E-state index contributed by atoms with van der Waals surface area (Å²) in [7, 11) is -3.88. The third-order valence-electron chi connectivity index (χ3n) is 3.78. The highest BCUT2D eigenvalue weighted by molar-refractivity contribution is 7.89. The lowest BCUT2D eigenvalue weighted by Crippen LogP contribution is -2.42. The number of hydrogen-bond donors (Lipinski definition) is 0. The van der Waals surface area contributed by atoms with Crippen molar-refractivity contribution in [3.05, 3.63) is 64.7 Å². The van der Waals surface area contributed by atoms with Crippen molar-refractivity contribution in [2.24, 2.45) is 0 Å². The minimum atomic E-state index is -3.88. The normalized spacial score (nSPS) is 19.4. The predicted molar refractivity (Wildman–Crippen MR) is 85.3 cm³/mol. The molecule has 2 aromatic rings. The van der Waals surface area contributed by atoms with E-state index in [1.807, 2.05) is 0 Å². The first-order chi connectivity index (χ1) is 11.4. The van der Waals surface area contributed by atoms with Crippen LogP contribution in [0.2, 0.25) is 5.02 Å². The summed E-state index contributed by atoms with van der Waals surface area (Å²) in [6.07, 6.45) is -0.506. The number of benzene rings is 2. The lowest BCUT2D eigenvalue weighted by atomic mass is 10.1. The fourth-order valence-electron chi connectivity index (χ4n) is 2.55. The zero-order chi connectivity index (χ0) is 17.3. The molecule has 0 spiro atoms. The minimum absolute atomic E-state index is 0.0711. The largest absolute Gasteiger partial charge is 0.371 e. The van der Waals surface area contributed by atoms with Gasteiger partial charge in [-0.3, -0.25) is 0 Å². The predicted octanol–water partition coefficient (Wildman–Crippen LogP) is 3.38. The Morgan fingerprint density at radius 1 is 1.08 bits per heavy atom.